The van der Waals surface area contributed by atoms with Crippen molar-refractivity contribution in [3.63, 3.8) is 0 Å². The first-order chi connectivity index (χ1) is 14.1. The SMILES string of the molecule is CC(C)CC(NC(=O)c1cccc(S(=O)(=O)N2CCN(C)CC2)c1)C(=O)NCC#N. The highest BCUT2D eigenvalue weighted by molar-refractivity contribution is 7.89. The zero-order valence-electron chi connectivity index (χ0n) is 17.6. The van der Waals surface area contributed by atoms with E-state index in [1.165, 1.54) is 28.6 Å². The van der Waals surface area contributed by atoms with Gasteiger partial charge in [-0.05, 0) is 37.6 Å². The largest absolute Gasteiger partial charge is 0.341 e. The molecule has 0 bridgehead atoms. The van der Waals surface area contributed by atoms with E-state index in [0.29, 0.717) is 32.6 Å². The molecule has 2 rings (SSSR count). The van der Waals surface area contributed by atoms with Gasteiger partial charge in [-0.2, -0.15) is 9.57 Å². The summed E-state index contributed by atoms with van der Waals surface area (Å²) in [5.74, 6) is -0.852. The molecule has 0 saturated carbocycles. The van der Waals surface area contributed by atoms with Gasteiger partial charge in [0.1, 0.15) is 12.6 Å². The van der Waals surface area contributed by atoms with Gasteiger partial charge in [-0.3, -0.25) is 9.59 Å². The molecule has 1 aromatic rings. The van der Waals surface area contributed by atoms with Crippen molar-refractivity contribution in [3.8, 4) is 6.07 Å². The maximum absolute atomic E-state index is 12.9. The van der Waals surface area contributed by atoms with Gasteiger partial charge in [0.05, 0.1) is 11.0 Å². The highest BCUT2D eigenvalue weighted by Gasteiger charge is 2.28. The summed E-state index contributed by atoms with van der Waals surface area (Å²) in [6.45, 7) is 5.76. The Labute approximate surface area is 178 Å². The molecule has 1 aliphatic heterocycles. The molecule has 1 fully saturated rings. The predicted octanol–water partition coefficient (Wildman–Crippen LogP) is 0.407. The lowest BCUT2D eigenvalue weighted by Gasteiger charge is -2.31. The molecule has 1 saturated heterocycles. The number of nitriles is 1. The van der Waals surface area contributed by atoms with Crippen LogP contribution in [0.1, 0.15) is 30.6 Å². The average molecular weight is 436 g/mol. The Bertz CT molecular complexity index is 902. The van der Waals surface area contributed by atoms with Crippen LogP contribution in [0.2, 0.25) is 0 Å². The van der Waals surface area contributed by atoms with Crippen molar-refractivity contribution in [1.82, 2.24) is 19.8 Å². The van der Waals surface area contributed by atoms with E-state index >= 15 is 0 Å². The molecule has 30 heavy (non-hydrogen) atoms. The van der Waals surface area contributed by atoms with Crippen LogP contribution in [0.15, 0.2) is 29.2 Å². The number of likely N-dealkylation sites (N-methyl/N-ethyl adjacent to an activating group) is 1. The summed E-state index contributed by atoms with van der Waals surface area (Å²) in [4.78, 5) is 27.1. The van der Waals surface area contributed by atoms with Gasteiger partial charge in [0.15, 0.2) is 0 Å². The summed E-state index contributed by atoms with van der Waals surface area (Å²) < 4.78 is 27.3. The summed E-state index contributed by atoms with van der Waals surface area (Å²) in [6.07, 6.45) is 0.391. The highest BCUT2D eigenvalue weighted by atomic mass is 32.2. The Hall–Kier alpha value is -2.48. The number of carbonyl (C=O) groups excluding carboxylic acids is 2. The maximum atomic E-state index is 12.9. The molecule has 164 valence electrons. The predicted molar refractivity (Wildman–Crippen MR) is 112 cm³/mol. The fourth-order valence-corrected chi connectivity index (χ4v) is 4.64. The summed E-state index contributed by atoms with van der Waals surface area (Å²) in [5.41, 5.74) is 0.159. The van der Waals surface area contributed by atoms with Crippen LogP contribution >= 0.6 is 0 Å². The first kappa shape index (κ1) is 23.8. The van der Waals surface area contributed by atoms with Crippen LogP contribution in [0.25, 0.3) is 0 Å². The van der Waals surface area contributed by atoms with Gasteiger partial charge in [0.2, 0.25) is 15.9 Å². The van der Waals surface area contributed by atoms with E-state index in [1.54, 1.807) is 0 Å². The maximum Gasteiger partial charge on any atom is 0.251 e. The number of nitrogens with zero attached hydrogens (tertiary/aromatic N) is 3. The van der Waals surface area contributed by atoms with Gasteiger partial charge in [0.25, 0.3) is 5.91 Å². The van der Waals surface area contributed by atoms with E-state index in [4.69, 9.17) is 5.26 Å². The van der Waals surface area contributed by atoms with E-state index in [-0.39, 0.29) is 22.9 Å². The molecule has 1 aliphatic rings. The van der Waals surface area contributed by atoms with Crippen molar-refractivity contribution in [2.45, 2.75) is 31.2 Å². The topological polar surface area (TPSA) is 123 Å². The lowest BCUT2D eigenvalue weighted by molar-refractivity contribution is -0.123. The van der Waals surface area contributed by atoms with Crippen molar-refractivity contribution in [1.29, 1.82) is 5.26 Å². The minimum Gasteiger partial charge on any atom is -0.341 e. The molecule has 1 unspecified atom stereocenters. The molecule has 2 N–H and O–H groups in total. The monoisotopic (exact) mass is 435 g/mol. The van der Waals surface area contributed by atoms with Crippen LogP contribution in [0.3, 0.4) is 0 Å². The number of rotatable bonds is 8. The lowest BCUT2D eigenvalue weighted by Crippen LogP contribution is -2.47. The molecule has 2 amide bonds. The van der Waals surface area contributed by atoms with Gasteiger partial charge >= 0.3 is 0 Å². The van der Waals surface area contributed by atoms with Crippen molar-refractivity contribution >= 4 is 21.8 Å². The molecule has 0 radical (unpaired) electrons. The van der Waals surface area contributed by atoms with E-state index in [1.807, 2.05) is 27.0 Å². The Balaban J connectivity index is 2.18. The number of benzene rings is 1. The van der Waals surface area contributed by atoms with Crippen molar-refractivity contribution < 1.29 is 18.0 Å². The third-order valence-corrected chi connectivity index (χ3v) is 6.76. The normalized spacial score (nSPS) is 16.6. The van der Waals surface area contributed by atoms with Crippen LogP contribution < -0.4 is 10.6 Å². The minimum absolute atomic E-state index is 0.0500. The third kappa shape index (κ3) is 6.26. The van der Waals surface area contributed by atoms with E-state index < -0.39 is 27.9 Å². The summed E-state index contributed by atoms with van der Waals surface area (Å²) in [6, 6.07) is 6.85. The van der Waals surface area contributed by atoms with Crippen LogP contribution in [-0.2, 0) is 14.8 Å². The fraction of sp³-hybridized carbons (Fsp3) is 0.550. The first-order valence-electron chi connectivity index (χ1n) is 9.89. The molecule has 1 atom stereocenters. The number of amides is 2. The number of sulfonamides is 1. The smallest absolute Gasteiger partial charge is 0.251 e. The van der Waals surface area contributed by atoms with Gasteiger partial charge in [-0.25, -0.2) is 8.42 Å². The summed E-state index contributed by atoms with van der Waals surface area (Å²) in [5, 5.41) is 13.8. The first-order valence-corrected chi connectivity index (χ1v) is 11.3. The Kier molecular flexibility index (Phi) is 8.34. The van der Waals surface area contributed by atoms with Crippen LogP contribution in [0.4, 0.5) is 0 Å². The number of piperazine rings is 1. The molecular formula is C20H29N5O4S. The van der Waals surface area contributed by atoms with Gasteiger partial charge in [0, 0.05) is 31.7 Å². The molecule has 0 aromatic heterocycles. The number of nitrogens with one attached hydrogen (secondary N) is 2. The van der Waals surface area contributed by atoms with Gasteiger partial charge in [-0.15, -0.1) is 0 Å². The number of hydrogen-bond acceptors (Lipinski definition) is 6. The second-order valence-electron chi connectivity index (χ2n) is 7.77. The third-order valence-electron chi connectivity index (χ3n) is 4.87. The summed E-state index contributed by atoms with van der Waals surface area (Å²) >= 11 is 0. The average Bonchev–Trinajstić information content (AvgIpc) is 2.71. The fourth-order valence-electron chi connectivity index (χ4n) is 3.17. The van der Waals surface area contributed by atoms with E-state index in [0.717, 1.165) is 0 Å². The minimum atomic E-state index is -3.71. The van der Waals surface area contributed by atoms with Gasteiger partial charge < -0.3 is 15.5 Å². The molecule has 10 heteroatoms. The van der Waals surface area contributed by atoms with Crippen LogP contribution in [0, 0.1) is 17.2 Å². The highest BCUT2D eigenvalue weighted by Crippen LogP contribution is 2.19. The van der Waals surface area contributed by atoms with E-state index in [2.05, 4.69) is 15.5 Å². The molecule has 0 aliphatic carbocycles. The quantitative estimate of drug-likeness (QED) is 0.570. The Morgan fingerprint density at radius 2 is 1.87 bits per heavy atom. The molecule has 9 nitrogen and oxygen atoms in total. The van der Waals surface area contributed by atoms with Crippen LogP contribution in [-0.4, -0.2) is 75.3 Å². The van der Waals surface area contributed by atoms with Crippen LogP contribution in [0.5, 0.6) is 0 Å². The standard InChI is InChI=1S/C20H29N5O4S/c1-15(2)13-18(20(27)22-8-7-21)23-19(26)16-5-4-6-17(14-16)30(28,29)25-11-9-24(3)10-12-25/h4-6,14-15,18H,8-13H2,1-3H3,(H,22,27)(H,23,26). The molecule has 0 spiro atoms. The number of carbonyl (C=O) groups is 2. The molecule has 1 heterocycles. The van der Waals surface area contributed by atoms with Crippen molar-refractivity contribution in [2.24, 2.45) is 5.92 Å². The van der Waals surface area contributed by atoms with Crippen molar-refractivity contribution in [3.05, 3.63) is 29.8 Å². The second-order valence-corrected chi connectivity index (χ2v) is 9.70. The van der Waals surface area contributed by atoms with Gasteiger partial charge in [-0.1, -0.05) is 19.9 Å². The molecule has 1 aromatic carbocycles. The zero-order chi connectivity index (χ0) is 22.3. The Morgan fingerprint density at radius 3 is 2.47 bits per heavy atom. The second kappa shape index (κ2) is 10.5. The van der Waals surface area contributed by atoms with E-state index in [9.17, 15) is 18.0 Å². The summed E-state index contributed by atoms with van der Waals surface area (Å²) in [7, 11) is -1.77. The zero-order valence-corrected chi connectivity index (χ0v) is 18.4. The number of hydrogen-bond donors (Lipinski definition) is 2. The molecular weight excluding hydrogens is 406 g/mol. The Morgan fingerprint density at radius 1 is 1.20 bits per heavy atom. The van der Waals surface area contributed by atoms with Crippen molar-refractivity contribution in [2.75, 3.05) is 39.8 Å². The lowest BCUT2D eigenvalue weighted by atomic mass is 10.0.